The molecule has 0 spiro atoms. The predicted molar refractivity (Wildman–Crippen MR) is 116 cm³/mol. The summed E-state index contributed by atoms with van der Waals surface area (Å²) in [6.45, 7) is 5.47. The molecule has 2 aromatic carbocycles. The summed E-state index contributed by atoms with van der Waals surface area (Å²) in [7, 11) is 0. The molecule has 2 aromatic rings. The van der Waals surface area contributed by atoms with Gasteiger partial charge in [0, 0.05) is 41.7 Å². The van der Waals surface area contributed by atoms with Crippen LogP contribution < -0.4 is 20.1 Å². The third-order valence-electron chi connectivity index (χ3n) is 4.67. The number of carbonyl (C=O) groups excluding carboxylic acids is 2. The maximum atomic E-state index is 13.4. The van der Waals surface area contributed by atoms with Crippen molar-refractivity contribution in [1.82, 2.24) is 10.6 Å². The second-order valence-electron chi connectivity index (χ2n) is 7.28. The van der Waals surface area contributed by atoms with Gasteiger partial charge in [0.1, 0.15) is 17.3 Å². The molecule has 0 saturated carbocycles. The highest BCUT2D eigenvalue weighted by Crippen LogP contribution is 2.36. The molecule has 1 aliphatic heterocycles. The van der Waals surface area contributed by atoms with Crippen molar-refractivity contribution in [2.24, 2.45) is 0 Å². The van der Waals surface area contributed by atoms with Crippen LogP contribution in [0, 0.1) is 5.82 Å². The minimum atomic E-state index is -1.07. The highest BCUT2D eigenvalue weighted by Gasteiger charge is 2.42. The van der Waals surface area contributed by atoms with Crippen molar-refractivity contribution >= 4 is 35.0 Å². The molecule has 0 fully saturated rings. The van der Waals surface area contributed by atoms with Crippen molar-refractivity contribution in [2.45, 2.75) is 25.4 Å². The van der Waals surface area contributed by atoms with Gasteiger partial charge in [0.05, 0.1) is 5.02 Å². The Morgan fingerprint density at radius 1 is 1.26 bits per heavy atom. The lowest BCUT2D eigenvalue weighted by molar-refractivity contribution is -0.133. The number of hydrogen-bond acceptors (Lipinski definition) is 4. The van der Waals surface area contributed by atoms with E-state index in [1.165, 1.54) is 12.1 Å². The van der Waals surface area contributed by atoms with E-state index in [0.717, 1.165) is 11.6 Å². The lowest BCUT2D eigenvalue weighted by Gasteiger charge is -2.23. The Kier molecular flexibility index (Phi) is 7.08. The van der Waals surface area contributed by atoms with E-state index in [1.54, 1.807) is 25.1 Å². The average Bonchev–Trinajstić information content (AvgIpc) is 3.05. The number of amides is 2. The molecule has 0 bridgehead atoms. The molecule has 9 heteroatoms. The Morgan fingerprint density at radius 2 is 2.03 bits per heavy atom. The highest BCUT2D eigenvalue weighted by molar-refractivity contribution is 6.31. The normalized spacial score (nSPS) is 16.8. The van der Waals surface area contributed by atoms with Gasteiger partial charge in [-0.15, -0.1) is 0 Å². The maximum absolute atomic E-state index is 13.4. The van der Waals surface area contributed by atoms with Gasteiger partial charge in [0.15, 0.2) is 12.2 Å². The first-order valence-electron chi connectivity index (χ1n) is 9.47. The van der Waals surface area contributed by atoms with Gasteiger partial charge in [0.2, 0.25) is 0 Å². The fourth-order valence-corrected chi connectivity index (χ4v) is 3.34. The molecule has 2 amide bonds. The minimum absolute atomic E-state index is 0.0260. The van der Waals surface area contributed by atoms with E-state index in [1.807, 2.05) is 0 Å². The second kappa shape index (κ2) is 9.58. The van der Waals surface area contributed by atoms with Gasteiger partial charge in [-0.1, -0.05) is 29.8 Å². The summed E-state index contributed by atoms with van der Waals surface area (Å²) in [6, 6.07) is 9.14. The van der Waals surface area contributed by atoms with Gasteiger partial charge in [-0.05, 0) is 37.3 Å². The number of benzene rings is 2. The molecule has 1 aliphatic rings. The molecular weight excluding hydrogens is 446 g/mol. The van der Waals surface area contributed by atoms with Gasteiger partial charge in [-0.3, -0.25) is 9.59 Å². The quantitative estimate of drug-likeness (QED) is 0.615. The van der Waals surface area contributed by atoms with Crippen molar-refractivity contribution in [3.8, 4) is 11.5 Å². The molecule has 0 aliphatic carbocycles. The summed E-state index contributed by atoms with van der Waals surface area (Å²) in [6.07, 6.45) is 0.712. The molecule has 0 saturated heterocycles. The number of ether oxygens (including phenoxy) is 2. The molecule has 0 unspecified atom stereocenters. The molecule has 2 N–H and O–H groups in total. The number of nitrogens with one attached hydrogen (secondary N) is 2. The van der Waals surface area contributed by atoms with Crippen molar-refractivity contribution in [1.29, 1.82) is 0 Å². The van der Waals surface area contributed by atoms with Crippen LogP contribution in [-0.2, 0) is 16.0 Å². The lowest BCUT2D eigenvalue weighted by atomic mass is 9.98. The Bertz CT molecular complexity index is 1030. The van der Waals surface area contributed by atoms with Gasteiger partial charge < -0.3 is 20.1 Å². The predicted octanol–water partition coefficient (Wildman–Crippen LogP) is 4.04. The van der Waals surface area contributed by atoms with Crippen molar-refractivity contribution in [2.75, 3.05) is 13.2 Å². The summed E-state index contributed by atoms with van der Waals surface area (Å²) in [4.78, 5) is 24.5. The number of fused-ring (bicyclic) bond motifs is 1. The van der Waals surface area contributed by atoms with E-state index in [9.17, 15) is 14.0 Å². The first-order chi connectivity index (χ1) is 14.7. The molecular formula is C22H21Cl2FN2O4. The summed E-state index contributed by atoms with van der Waals surface area (Å²) in [5, 5.41) is 5.92. The zero-order valence-electron chi connectivity index (χ0n) is 16.8. The van der Waals surface area contributed by atoms with Crippen LogP contribution in [0.25, 0.3) is 0 Å². The number of halogens is 3. The summed E-state index contributed by atoms with van der Waals surface area (Å²) in [5.41, 5.74) is 0.231. The van der Waals surface area contributed by atoms with Gasteiger partial charge >= 0.3 is 0 Å². The van der Waals surface area contributed by atoms with E-state index in [4.69, 9.17) is 32.7 Å². The maximum Gasteiger partial charge on any atom is 0.268 e. The molecule has 164 valence electrons. The Morgan fingerprint density at radius 3 is 2.77 bits per heavy atom. The Balaban J connectivity index is 1.39. The van der Waals surface area contributed by atoms with Crippen LogP contribution >= 0.6 is 23.2 Å². The molecule has 1 heterocycles. The monoisotopic (exact) mass is 466 g/mol. The minimum Gasteiger partial charge on any atom is -0.484 e. The summed E-state index contributed by atoms with van der Waals surface area (Å²) in [5.74, 6) is -0.531. The number of hydrogen-bond donors (Lipinski definition) is 2. The molecule has 0 aromatic heterocycles. The van der Waals surface area contributed by atoms with Crippen molar-refractivity contribution in [3.63, 3.8) is 0 Å². The largest absolute Gasteiger partial charge is 0.484 e. The van der Waals surface area contributed by atoms with Gasteiger partial charge in [-0.25, -0.2) is 4.39 Å². The fraction of sp³-hybridized carbons (Fsp3) is 0.273. The van der Waals surface area contributed by atoms with Crippen molar-refractivity contribution in [3.05, 3.63) is 70.1 Å². The molecule has 31 heavy (non-hydrogen) atoms. The third kappa shape index (κ3) is 5.89. The Hall–Kier alpha value is -2.77. The highest BCUT2D eigenvalue weighted by atomic mass is 35.5. The van der Waals surface area contributed by atoms with Crippen LogP contribution in [0.5, 0.6) is 11.5 Å². The summed E-state index contributed by atoms with van der Waals surface area (Å²) >= 11 is 11.6. The van der Waals surface area contributed by atoms with Crippen LogP contribution in [0.2, 0.25) is 10.0 Å². The molecule has 6 nitrogen and oxygen atoms in total. The summed E-state index contributed by atoms with van der Waals surface area (Å²) < 4.78 is 24.4. The molecule has 1 atom stereocenters. The van der Waals surface area contributed by atoms with Gasteiger partial charge in [-0.2, -0.15) is 0 Å². The molecule has 3 rings (SSSR count). The fourth-order valence-electron chi connectivity index (χ4n) is 3.03. The number of rotatable bonds is 8. The van der Waals surface area contributed by atoms with Crippen molar-refractivity contribution < 1.29 is 23.5 Å². The van der Waals surface area contributed by atoms with Crippen LogP contribution in [0.4, 0.5) is 4.39 Å². The van der Waals surface area contributed by atoms with E-state index in [-0.39, 0.29) is 29.8 Å². The van der Waals surface area contributed by atoms with Gasteiger partial charge in [0.25, 0.3) is 11.8 Å². The van der Waals surface area contributed by atoms with E-state index in [2.05, 4.69) is 17.2 Å². The number of carbonyl (C=O) groups is 2. The second-order valence-corrected chi connectivity index (χ2v) is 8.13. The molecule has 0 radical (unpaired) electrons. The van der Waals surface area contributed by atoms with Crippen LogP contribution in [0.3, 0.4) is 0 Å². The SMILES string of the molecule is C=C(CCNC(=O)COc1ccc(Cl)c(F)c1)NC(=O)[C@]1(C)Cc2cc(Cl)ccc2O1. The first-order valence-corrected chi connectivity index (χ1v) is 10.2. The topological polar surface area (TPSA) is 76.7 Å². The van der Waals surface area contributed by atoms with E-state index in [0.29, 0.717) is 29.3 Å². The average molecular weight is 467 g/mol. The van der Waals surface area contributed by atoms with Crippen LogP contribution in [-0.4, -0.2) is 30.6 Å². The van der Waals surface area contributed by atoms with E-state index >= 15 is 0 Å². The smallest absolute Gasteiger partial charge is 0.268 e. The third-order valence-corrected chi connectivity index (χ3v) is 5.21. The first kappa shape index (κ1) is 22.9. The van der Waals surface area contributed by atoms with E-state index < -0.39 is 17.3 Å². The van der Waals surface area contributed by atoms with Crippen LogP contribution in [0.1, 0.15) is 18.9 Å². The Labute approximate surface area is 189 Å². The zero-order valence-corrected chi connectivity index (χ0v) is 18.3. The zero-order chi connectivity index (χ0) is 22.6. The van der Waals surface area contributed by atoms with Crippen LogP contribution in [0.15, 0.2) is 48.7 Å². The lowest BCUT2D eigenvalue weighted by Crippen LogP contribution is -2.47. The standard InChI is InChI=1S/C22H21Cl2FN2O4/c1-13(7-8-26-20(28)12-30-16-4-5-17(24)18(25)10-16)27-21(29)22(2)11-14-9-15(23)3-6-19(14)31-22/h3-6,9-10H,1,7-8,11-12H2,2H3,(H,26,28)(H,27,29)/t22-/m0/s1.